The van der Waals surface area contributed by atoms with Crippen LogP contribution in [0, 0.1) is 13.8 Å². The molecule has 0 aromatic carbocycles. The number of likely N-dealkylation sites (tertiary alicyclic amines) is 1. The van der Waals surface area contributed by atoms with Crippen LogP contribution in [0.3, 0.4) is 0 Å². The number of anilines is 1. The molecule has 0 aliphatic carbocycles. The second-order valence-corrected chi connectivity index (χ2v) is 8.51. The molecule has 0 N–H and O–H groups in total. The highest BCUT2D eigenvalue weighted by molar-refractivity contribution is 7.18. The molecule has 0 unspecified atom stereocenters. The lowest BCUT2D eigenvalue weighted by Gasteiger charge is -2.24. The van der Waals surface area contributed by atoms with Crippen LogP contribution >= 0.6 is 11.3 Å². The van der Waals surface area contributed by atoms with Gasteiger partial charge < -0.3 is 4.90 Å². The Balaban J connectivity index is 1.75. The summed E-state index contributed by atoms with van der Waals surface area (Å²) in [4.78, 5) is 17.6. The lowest BCUT2D eigenvalue weighted by molar-refractivity contribution is 0.323. The molecule has 0 saturated carbocycles. The first-order valence-electron chi connectivity index (χ1n) is 9.46. The number of rotatable bonds is 3. The fourth-order valence-electron chi connectivity index (χ4n) is 3.99. The summed E-state index contributed by atoms with van der Waals surface area (Å²) in [6.45, 7) is 10.0. The van der Waals surface area contributed by atoms with Gasteiger partial charge >= 0.3 is 0 Å². The van der Waals surface area contributed by atoms with E-state index < -0.39 is 0 Å². The minimum atomic E-state index is 0.909. The van der Waals surface area contributed by atoms with Crippen LogP contribution in [0.15, 0.2) is 0 Å². The van der Waals surface area contributed by atoms with Crippen LogP contribution in [0.4, 0.5) is 5.82 Å². The Morgan fingerprint density at radius 2 is 1.54 bits per heavy atom. The van der Waals surface area contributed by atoms with Gasteiger partial charge in [-0.25, -0.2) is 9.97 Å². The van der Waals surface area contributed by atoms with E-state index in [1.54, 1.807) is 0 Å². The monoisotopic (exact) mass is 344 g/mol. The SMILES string of the molecule is Cc1sc2nc(CN3CCCC3)nc(N3CCCCCC3)c2c1C. The van der Waals surface area contributed by atoms with Gasteiger partial charge in [0, 0.05) is 18.0 Å². The number of nitrogens with zero attached hydrogens (tertiary/aromatic N) is 4. The Hall–Kier alpha value is -1.20. The maximum atomic E-state index is 5.08. The van der Waals surface area contributed by atoms with E-state index in [4.69, 9.17) is 9.97 Å². The van der Waals surface area contributed by atoms with E-state index in [0.717, 1.165) is 25.5 Å². The molecule has 4 rings (SSSR count). The summed E-state index contributed by atoms with van der Waals surface area (Å²) in [5.41, 5.74) is 1.38. The normalized spacial score (nSPS) is 20.0. The van der Waals surface area contributed by atoms with Crippen molar-refractivity contribution in [3.8, 4) is 0 Å². The van der Waals surface area contributed by atoms with Crippen LogP contribution in [-0.2, 0) is 6.54 Å². The molecule has 2 saturated heterocycles. The molecule has 2 aromatic rings. The van der Waals surface area contributed by atoms with Crippen LogP contribution < -0.4 is 4.90 Å². The maximum absolute atomic E-state index is 5.08. The van der Waals surface area contributed by atoms with Gasteiger partial charge in [0.1, 0.15) is 16.5 Å². The number of aryl methyl sites for hydroxylation is 2. The van der Waals surface area contributed by atoms with Crippen molar-refractivity contribution in [1.29, 1.82) is 0 Å². The van der Waals surface area contributed by atoms with Gasteiger partial charge in [-0.05, 0) is 58.2 Å². The van der Waals surface area contributed by atoms with Crippen molar-refractivity contribution in [2.75, 3.05) is 31.1 Å². The molecular formula is C19H28N4S. The molecule has 2 aromatic heterocycles. The zero-order valence-electron chi connectivity index (χ0n) is 15.0. The number of hydrogen-bond donors (Lipinski definition) is 0. The lowest BCUT2D eigenvalue weighted by Crippen LogP contribution is -2.27. The number of thiophene rings is 1. The molecule has 0 radical (unpaired) electrons. The van der Waals surface area contributed by atoms with Crippen molar-refractivity contribution in [1.82, 2.24) is 14.9 Å². The van der Waals surface area contributed by atoms with Crippen LogP contribution in [-0.4, -0.2) is 41.0 Å². The average molecular weight is 345 g/mol. The van der Waals surface area contributed by atoms with E-state index in [2.05, 4.69) is 23.6 Å². The topological polar surface area (TPSA) is 32.3 Å². The first-order chi connectivity index (χ1) is 11.7. The molecule has 0 amide bonds. The van der Waals surface area contributed by atoms with E-state index >= 15 is 0 Å². The lowest BCUT2D eigenvalue weighted by atomic mass is 10.2. The van der Waals surface area contributed by atoms with Crippen LogP contribution in [0.2, 0.25) is 0 Å². The zero-order valence-corrected chi connectivity index (χ0v) is 15.8. The first-order valence-corrected chi connectivity index (χ1v) is 10.3. The smallest absolute Gasteiger partial charge is 0.146 e. The van der Waals surface area contributed by atoms with Crippen molar-refractivity contribution in [3.05, 3.63) is 16.3 Å². The molecule has 4 nitrogen and oxygen atoms in total. The molecular weight excluding hydrogens is 316 g/mol. The van der Waals surface area contributed by atoms with Gasteiger partial charge in [-0.3, -0.25) is 4.90 Å². The summed E-state index contributed by atoms with van der Waals surface area (Å²) in [7, 11) is 0. The summed E-state index contributed by atoms with van der Waals surface area (Å²) in [6.07, 6.45) is 7.92. The first kappa shape index (κ1) is 16.3. The number of fused-ring (bicyclic) bond motifs is 1. The van der Waals surface area contributed by atoms with Crippen LogP contribution in [0.25, 0.3) is 10.2 Å². The third kappa shape index (κ3) is 3.16. The fourth-order valence-corrected chi connectivity index (χ4v) is 5.04. The predicted molar refractivity (Wildman–Crippen MR) is 102 cm³/mol. The Labute approximate surface area is 148 Å². The highest BCUT2D eigenvalue weighted by Crippen LogP contribution is 2.36. The third-order valence-electron chi connectivity index (χ3n) is 5.53. The zero-order chi connectivity index (χ0) is 16.5. The van der Waals surface area contributed by atoms with Gasteiger partial charge in [0.15, 0.2) is 0 Å². The number of aromatic nitrogens is 2. The van der Waals surface area contributed by atoms with Gasteiger partial charge in [-0.2, -0.15) is 0 Å². The molecule has 2 aliphatic heterocycles. The van der Waals surface area contributed by atoms with Gasteiger partial charge in [-0.1, -0.05) is 12.8 Å². The van der Waals surface area contributed by atoms with Gasteiger partial charge in [0.2, 0.25) is 0 Å². The molecule has 4 heterocycles. The van der Waals surface area contributed by atoms with Crippen LogP contribution in [0.1, 0.15) is 54.8 Å². The van der Waals surface area contributed by atoms with E-state index in [0.29, 0.717) is 0 Å². The molecule has 2 fully saturated rings. The molecule has 130 valence electrons. The van der Waals surface area contributed by atoms with E-state index in [-0.39, 0.29) is 0 Å². The van der Waals surface area contributed by atoms with Crippen molar-refractivity contribution < 1.29 is 0 Å². The highest BCUT2D eigenvalue weighted by atomic mass is 32.1. The quantitative estimate of drug-likeness (QED) is 0.832. The Kier molecular flexibility index (Phi) is 4.72. The summed E-state index contributed by atoms with van der Waals surface area (Å²) in [5.74, 6) is 2.22. The molecule has 5 heteroatoms. The van der Waals surface area contributed by atoms with Gasteiger partial charge in [-0.15, -0.1) is 11.3 Å². The van der Waals surface area contributed by atoms with Crippen molar-refractivity contribution in [3.63, 3.8) is 0 Å². The van der Waals surface area contributed by atoms with Gasteiger partial charge in [0.25, 0.3) is 0 Å². The predicted octanol–water partition coefficient (Wildman–Crippen LogP) is 4.28. The van der Waals surface area contributed by atoms with E-state index in [1.165, 1.54) is 78.1 Å². The molecule has 0 bridgehead atoms. The standard InChI is InChI=1S/C19H28N4S/c1-14-15(2)24-19-17(14)18(23-11-5-3-4-6-12-23)20-16(21-19)13-22-9-7-8-10-22/h3-13H2,1-2H3. The minimum absolute atomic E-state index is 0.909. The second kappa shape index (κ2) is 6.96. The molecule has 24 heavy (non-hydrogen) atoms. The summed E-state index contributed by atoms with van der Waals surface area (Å²) >= 11 is 1.84. The minimum Gasteiger partial charge on any atom is -0.356 e. The fraction of sp³-hybridized carbons (Fsp3) is 0.684. The molecule has 0 spiro atoms. The van der Waals surface area contributed by atoms with Gasteiger partial charge in [0.05, 0.1) is 11.9 Å². The van der Waals surface area contributed by atoms with E-state index in [1.807, 2.05) is 11.3 Å². The van der Waals surface area contributed by atoms with Crippen LogP contribution in [0.5, 0.6) is 0 Å². The van der Waals surface area contributed by atoms with Crippen molar-refractivity contribution >= 4 is 27.4 Å². The second-order valence-electron chi connectivity index (χ2n) is 7.31. The Bertz CT molecular complexity index is 710. The molecule has 2 aliphatic rings. The van der Waals surface area contributed by atoms with E-state index in [9.17, 15) is 0 Å². The third-order valence-corrected chi connectivity index (χ3v) is 6.63. The number of hydrogen-bond acceptors (Lipinski definition) is 5. The summed E-state index contributed by atoms with van der Waals surface area (Å²) in [6, 6.07) is 0. The van der Waals surface area contributed by atoms with Crippen molar-refractivity contribution in [2.45, 2.75) is 58.9 Å². The maximum Gasteiger partial charge on any atom is 0.146 e. The summed E-state index contributed by atoms with van der Waals surface area (Å²) in [5, 5.41) is 1.31. The summed E-state index contributed by atoms with van der Waals surface area (Å²) < 4.78 is 0. The average Bonchev–Trinajstić information content (AvgIpc) is 3.06. The Morgan fingerprint density at radius 1 is 0.875 bits per heavy atom. The molecule has 0 atom stereocenters. The Morgan fingerprint density at radius 3 is 2.25 bits per heavy atom. The highest BCUT2D eigenvalue weighted by Gasteiger charge is 2.21. The van der Waals surface area contributed by atoms with Crippen molar-refractivity contribution in [2.24, 2.45) is 0 Å². The largest absolute Gasteiger partial charge is 0.356 e.